The fourth-order valence-corrected chi connectivity index (χ4v) is 4.00. The molecule has 0 spiro atoms. The molecule has 0 aliphatic carbocycles. The lowest BCUT2D eigenvalue weighted by Gasteiger charge is -2.12. The first-order chi connectivity index (χ1) is 9.20. The molecule has 1 fully saturated rings. The minimum absolute atomic E-state index is 0.238. The third kappa shape index (κ3) is 3.35. The number of nitrogens with one attached hydrogen (secondary N) is 2. The van der Waals surface area contributed by atoms with Crippen LogP contribution in [0.3, 0.4) is 0 Å². The first-order valence-corrected chi connectivity index (χ1v) is 9.30. The monoisotopic (exact) mass is 322 g/mol. The predicted molar refractivity (Wildman–Crippen MR) is 71.1 cm³/mol. The molecule has 1 aromatic carbocycles. The Balaban J connectivity index is 2.31. The lowest BCUT2D eigenvalue weighted by molar-refractivity contribution is 0.551. The molecule has 1 atom stereocenters. The Labute approximate surface area is 117 Å². The maximum Gasteiger partial charge on any atom is 0.240 e. The van der Waals surface area contributed by atoms with Crippen molar-refractivity contribution in [1.82, 2.24) is 10.0 Å². The van der Waals surface area contributed by atoms with Gasteiger partial charge in [-0.2, -0.15) is 0 Å². The van der Waals surface area contributed by atoms with Crippen LogP contribution < -0.4 is 10.0 Å². The molecule has 0 radical (unpaired) electrons. The molecule has 1 unspecified atom stereocenters. The van der Waals surface area contributed by atoms with E-state index in [-0.39, 0.29) is 10.9 Å². The van der Waals surface area contributed by atoms with Crippen LogP contribution >= 0.6 is 0 Å². The Bertz CT molecular complexity index is 710. The van der Waals surface area contributed by atoms with Gasteiger partial charge in [0.2, 0.25) is 10.0 Å². The first-order valence-electron chi connectivity index (χ1n) is 5.93. The summed E-state index contributed by atoms with van der Waals surface area (Å²) in [5.41, 5.74) is 0. The molecule has 1 saturated heterocycles. The van der Waals surface area contributed by atoms with Crippen molar-refractivity contribution in [3.05, 3.63) is 24.0 Å². The smallest absolute Gasteiger partial charge is 0.240 e. The molecular formula is C11H15FN2O4S2. The fraction of sp³-hybridized carbons (Fsp3) is 0.455. The standard InChI is InChI=1S/C11H15FN2O4S2/c1-19(15,16)11-3-2-9(6-10(11)12)20(17,18)14-8-4-5-13-7-8/h2-3,6,8,13-14H,4-5,7H2,1H3. The second-order valence-corrected chi connectivity index (χ2v) is 8.37. The van der Waals surface area contributed by atoms with E-state index in [0.29, 0.717) is 19.5 Å². The average molecular weight is 322 g/mol. The van der Waals surface area contributed by atoms with Crippen LogP contribution in [0.2, 0.25) is 0 Å². The summed E-state index contributed by atoms with van der Waals surface area (Å²) in [4.78, 5) is -0.798. The van der Waals surface area contributed by atoms with E-state index in [2.05, 4.69) is 10.0 Å². The Morgan fingerprint density at radius 3 is 2.50 bits per heavy atom. The summed E-state index contributed by atoms with van der Waals surface area (Å²) in [7, 11) is -7.57. The minimum atomic E-state index is -3.85. The SMILES string of the molecule is CS(=O)(=O)c1ccc(S(=O)(=O)NC2CCNC2)cc1F. The summed E-state index contributed by atoms with van der Waals surface area (Å²) in [6.45, 7) is 1.23. The molecule has 0 bridgehead atoms. The van der Waals surface area contributed by atoms with Gasteiger partial charge in [-0.05, 0) is 31.2 Å². The van der Waals surface area contributed by atoms with Crippen molar-refractivity contribution in [3.8, 4) is 0 Å². The van der Waals surface area contributed by atoms with Gasteiger partial charge in [0.05, 0.1) is 4.90 Å². The van der Waals surface area contributed by atoms with Gasteiger partial charge in [-0.15, -0.1) is 0 Å². The van der Waals surface area contributed by atoms with Gasteiger partial charge >= 0.3 is 0 Å². The third-order valence-corrected chi connectivity index (χ3v) is 5.64. The van der Waals surface area contributed by atoms with E-state index >= 15 is 0 Å². The molecule has 1 aliphatic heterocycles. The van der Waals surface area contributed by atoms with E-state index in [4.69, 9.17) is 0 Å². The lowest BCUT2D eigenvalue weighted by atomic mass is 10.3. The predicted octanol–water partition coefficient (Wildman–Crippen LogP) is -0.131. The van der Waals surface area contributed by atoms with Crippen molar-refractivity contribution in [2.24, 2.45) is 0 Å². The minimum Gasteiger partial charge on any atom is -0.315 e. The van der Waals surface area contributed by atoms with Gasteiger partial charge in [0.15, 0.2) is 9.84 Å². The molecule has 1 heterocycles. The number of sulfonamides is 1. The van der Waals surface area contributed by atoms with Crippen LogP contribution in [0.5, 0.6) is 0 Å². The molecule has 1 aromatic rings. The Kier molecular flexibility index (Phi) is 4.14. The molecule has 6 nitrogen and oxygen atoms in total. The number of hydrogen-bond donors (Lipinski definition) is 2. The number of hydrogen-bond acceptors (Lipinski definition) is 5. The van der Waals surface area contributed by atoms with Gasteiger partial charge in [-0.1, -0.05) is 0 Å². The highest BCUT2D eigenvalue weighted by Gasteiger charge is 2.24. The molecule has 112 valence electrons. The van der Waals surface area contributed by atoms with E-state index < -0.39 is 30.6 Å². The Morgan fingerprint density at radius 2 is 2.00 bits per heavy atom. The second kappa shape index (κ2) is 5.40. The zero-order valence-electron chi connectivity index (χ0n) is 10.8. The van der Waals surface area contributed by atoms with Crippen molar-refractivity contribution in [1.29, 1.82) is 0 Å². The number of halogens is 1. The van der Waals surface area contributed by atoms with Crippen molar-refractivity contribution < 1.29 is 21.2 Å². The summed E-state index contributed by atoms with van der Waals surface area (Å²) in [5.74, 6) is -1.07. The van der Waals surface area contributed by atoms with E-state index in [1.165, 1.54) is 0 Å². The van der Waals surface area contributed by atoms with E-state index in [0.717, 1.165) is 24.5 Å². The highest BCUT2D eigenvalue weighted by Crippen LogP contribution is 2.19. The van der Waals surface area contributed by atoms with Gasteiger partial charge in [0.1, 0.15) is 10.7 Å². The molecule has 1 aliphatic rings. The van der Waals surface area contributed by atoms with Crippen molar-refractivity contribution in [2.45, 2.75) is 22.3 Å². The largest absolute Gasteiger partial charge is 0.315 e. The first kappa shape index (κ1) is 15.4. The number of rotatable bonds is 4. The fourth-order valence-electron chi connectivity index (χ4n) is 1.99. The summed E-state index contributed by atoms with van der Waals surface area (Å²) in [6.07, 6.45) is 1.52. The van der Waals surface area contributed by atoms with Gasteiger partial charge in [0, 0.05) is 18.8 Å². The van der Waals surface area contributed by atoms with Gasteiger partial charge in [-0.3, -0.25) is 0 Å². The van der Waals surface area contributed by atoms with Gasteiger partial charge < -0.3 is 5.32 Å². The number of sulfone groups is 1. The highest BCUT2D eigenvalue weighted by atomic mass is 32.2. The molecular weight excluding hydrogens is 307 g/mol. The van der Waals surface area contributed by atoms with Crippen LogP contribution in [0, 0.1) is 5.82 Å². The zero-order valence-corrected chi connectivity index (χ0v) is 12.4. The van der Waals surface area contributed by atoms with Crippen LogP contribution in [-0.2, 0) is 19.9 Å². The molecule has 2 N–H and O–H groups in total. The van der Waals surface area contributed by atoms with Crippen LogP contribution in [0.4, 0.5) is 4.39 Å². The maximum atomic E-state index is 13.7. The van der Waals surface area contributed by atoms with E-state index in [1.54, 1.807) is 0 Å². The quantitative estimate of drug-likeness (QED) is 0.805. The Morgan fingerprint density at radius 1 is 1.30 bits per heavy atom. The molecule has 0 amide bonds. The molecule has 0 saturated carbocycles. The van der Waals surface area contributed by atoms with Crippen molar-refractivity contribution >= 4 is 19.9 Å². The summed E-state index contributed by atoms with van der Waals surface area (Å²) in [5, 5.41) is 3.01. The van der Waals surface area contributed by atoms with Crippen LogP contribution in [0.25, 0.3) is 0 Å². The summed E-state index contributed by atoms with van der Waals surface area (Å²) in [6, 6.07) is 2.54. The van der Waals surface area contributed by atoms with E-state index in [9.17, 15) is 21.2 Å². The summed E-state index contributed by atoms with van der Waals surface area (Å²) >= 11 is 0. The normalized spacial score (nSPS) is 20.2. The van der Waals surface area contributed by atoms with Crippen LogP contribution in [0.1, 0.15) is 6.42 Å². The van der Waals surface area contributed by atoms with Crippen LogP contribution in [-0.4, -0.2) is 42.2 Å². The molecule has 9 heteroatoms. The second-order valence-electron chi connectivity index (χ2n) is 4.68. The van der Waals surface area contributed by atoms with E-state index in [1.807, 2.05) is 0 Å². The average Bonchev–Trinajstić information content (AvgIpc) is 2.79. The maximum absolute atomic E-state index is 13.7. The van der Waals surface area contributed by atoms with Gasteiger partial charge in [-0.25, -0.2) is 25.9 Å². The number of benzene rings is 1. The Hall–Kier alpha value is -1.03. The zero-order chi connectivity index (χ0) is 15.0. The molecule has 2 rings (SSSR count). The van der Waals surface area contributed by atoms with Crippen LogP contribution in [0.15, 0.2) is 28.0 Å². The topological polar surface area (TPSA) is 92.3 Å². The van der Waals surface area contributed by atoms with Crippen molar-refractivity contribution in [3.63, 3.8) is 0 Å². The third-order valence-electron chi connectivity index (χ3n) is 3.00. The molecule has 20 heavy (non-hydrogen) atoms. The van der Waals surface area contributed by atoms with Crippen molar-refractivity contribution in [2.75, 3.05) is 19.3 Å². The highest BCUT2D eigenvalue weighted by molar-refractivity contribution is 7.90. The lowest BCUT2D eigenvalue weighted by Crippen LogP contribution is -2.36. The summed E-state index contributed by atoms with van der Waals surface area (Å²) < 4.78 is 62.8. The van der Waals surface area contributed by atoms with Gasteiger partial charge in [0.25, 0.3) is 0 Å². The molecule has 0 aromatic heterocycles.